The van der Waals surface area contributed by atoms with Crippen LogP contribution in [-0.4, -0.2) is 30.5 Å². The van der Waals surface area contributed by atoms with Crippen molar-refractivity contribution in [3.8, 4) is 11.8 Å². The number of nitrogens with two attached hydrogens (primary N) is 1. The summed E-state index contributed by atoms with van der Waals surface area (Å²) in [4.78, 5) is 12.0. The number of carbonyl (C=O) groups excluding carboxylic acids is 1. The lowest BCUT2D eigenvalue weighted by atomic mass is 10.1. The smallest absolute Gasteiger partial charge is 0.251 e. The molecule has 0 aliphatic rings. The third kappa shape index (κ3) is 5.46. The maximum Gasteiger partial charge on any atom is 0.251 e. The Hall–Kier alpha value is -1.15. The molecule has 0 heterocycles. The molecule has 108 valence electrons. The summed E-state index contributed by atoms with van der Waals surface area (Å²) in [6.45, 7) is 3.08. The standard InChI is InChI=1S/C15H19ClN2OS/c1-11(20-2)7-9-18-15(19)13-6-5-12(4-3-8-17)14(16)10-13/h5-6,10-11H,7-9,17H2,1-2H3,(H,18,19). The number of hydrogen-bond donors (Lipinski definition) is 2. The van der Waals surface area contributed by atoms with Crippen LogP contribution in [0, 0.1) is 11.8 Å². The van der Waals surface area contributed by atoms with Crippen LogP contribution >= 0.6 is 23.4 Å². The zero-order valence-electron chi connectivity index (χ0n) is 11.7. The Bertz CT molecular complexity index is 522. The monoisotopic (exact) mass is 310 g/mol. The van der Waals surface area contributed by atoms with E-state index in [9.17, 15) is 4.79 Å². The number of halogens is 1. The predicted molar refractivity (Wildman–Crippen MR) is 87.3 cm³/mol. The van der Waals surface area contributed by atoms with E-state index in [1.165, 1.54) is 0 Å². The van der Waals surface area contributed by atoms with Crippen molar-refractivity contribution in [3.63, 3.8) is 0 Å². The van der Waals surface area contributed by atoms with Crippen molar-refractivity contribution in [2.75, 3.05) is 19.3 Å². The molecule has 0 bridgehead atoms. The zero-order chi connectivity index (χ0) is 15.0. The van der Waals surface area contributed by atoms with E-state index in [0.29, 0.717) is 27.9 Å². The second kappa shape index (κ2) is 8.91. The van der Waals surface area contributed by atoms with Gasteiger partial charge in [0.25, 0.3) is 5.91 Å². The fourth-order valence-electron chi connectivity index (χ4n) is 1.51. The number of amides is 1. The number of nitrogens with one attached hydrogen (secondary N) is 1. The van der Waals surface area contributed by atoms with Gasteiger partial charge >= 0.3 is 0 Å². The van der Waals surface area contributed by atoms with Crippen LogP contribution in [0.15, 0.2) is 18.2 Å². The van der Waals surface area contributed by atoms with E-state index in [1.807, 2.05) is 0 Å². The van der Waals surface area contributed by atoms with Crippen LogP contribution in [-0.2, 0) is 0 Å². The van der Waals surface area contributed by atoms with Crippen LogP contribution in [0.1, 0.15) is 29.3 Å². The van der Waals surface area contributed by atoms with E-state index in [-0.39, 0.29) is 12.5 Å². The average Bonchev–Trinajstić information content (AvgIpc) is 2.45. The van der Waals surface area contributed by atoms with E-state index < -0.39 is 0 Å². The summed E-state index contributed by atoms with van der Waals surface area (Å²) in [6.07, 6.45) is 3.01. The van der Waals surface area contributed by atoms with Crippen LogP contribution in [0.4, 0.5) is 0 Å². The highest BCUT2D eigenvalue weighted by Gasteiger charge is 2.08. The summed E-state index contributed by atoms with van der Waals surface area (Å²) in [6, 6.07) is 5.10. The van der Waals surface area contributed by atoms with Gasteiger partial charge in [0.15, 0.2) is 0 Å². The van der Waals surface area contributed by atoms with E-state index >= 15 is 0 Å². The van der Waals surface area contributed by atoms with E-state index in [1.54, 1.807) is 30.0 Å². The quantitative estimate of drug-likeness (QED) is 0.822. The van der Waals surface area contributed by atoms with Crippen molar-refractivity contribution < 1.29 is 4.79 Å². The van der Waals surface area contributed by atoms with Gasteiger partial charge in [-0.3, -0.25) is 4.79 Å². The number of carbonyl (C=O) groups is 1. The summed E-state index contributed by atoms with van der Waals surface area (Å²) >= 11 is 7.88. The van der Waals surface area contributed by atoms with Crippen molar-refractivity contribution in [1.82, 2.24) is 5.32 Å². The number of hydrogen-bond acceptors (Lipinski definition) is 3. The number of thioether (sulfide) groups is 1. The highest BCUT2D eigenvalue weighted by molar-refractivity contribution is 7.99. The van der Waals surface area contributed by atoms with Crippen LogP contribution in [0.5, 0.6) is 0 Å². The molecule has 1 amide bonds. The highest BCUT2D eigenvalue weighted by Crippen LogP contribution is 2.17. The van der Waals surface area contributed by atoms with Gasteiger partial charge in [-0.25, -0.2) is 0 Å². The summed E-state index contributed by atoms with van der Waals surface area (Å²) in [5.74, 6) is 5.49. The maximum atomic E-state index is 12.0. The van der Waals surface area contributed by atoms with Crippen molar-refractivity contribution in [2.45, 2.75) is 18.6 Å². The molecule has 1 unspecified atom stereocenters. The highest BCUT2D eigenvalue weighted by atomic mass is 35.5. The first-order chi connectivity index (χ1) is 9.58. The van der Waals surface area contributed by atoms with Gasteiger partial charge < -0.3 is 11.1 Å². The molecule has 1 aromatic carbocycles. The summed E-state index contributed by atoms with van der Waals surface area (Å²) in [5, 5.41) is 3.89. The van der Waals surface area contributed by atoms with E-state index in [2.05, 4.69) is 30.3 Å². The number of rotatable bonds is 5. The molecule has 5 heteroatoms. The minimum atomic E-state index is -0.112. The Morgan fingerprint density at radius 2 is 2.30 bits per heavy atom. The third-order valence-electron chi connectivity index (χ3n) is 2.80. The van der Waals surface area contributed by atoms with Gasteiger partial charge in [0.2, 0.25) is 0 Å². The van der Waals surface area contributed by atoms with Crippen LogP contribution in [0.3, 0.4) is 0 Å². The first kappa shape index (κ1) is 16.9. The molecule has 0 aliphatic carbocycles. The van der Waals surface area contributed by atoms with E-state index in [0.717, 1.165) is 6.42 Å². The molecule has 0 aromatic heterocycles. The summed E-state index contributed by atoms with van der Waals surface area (Å²) in [7, 11) is 0. The van der Waals surface area contributed by atoms with Gasteiger partial charge in [-0.1, -0.05) is 30.4 Å². The Morgan fingerprint density at radius 3 is 2.90 bits per heavy atom. The molecule has 0 fully saturated rings. The molecular weight excluding hydrogens is 292 g/mol. The van der Waals surface area contributed by atoms with Crippen molar-refractivity contribution in [3.05, 3.63) is 34.3 Å². The van der Waals surface area contributed by atoms with Crippen molar-refractivity contribution in [2.24, 2.45) is 5.73 Å². The van der Waals surface area contributed by atoms with Gasteiger partial charge in [0, 0.05) is 22.9 Å². The Balaban J connectivity index is 2.63. The third-order valence-corrected chi connectivity index (χ3v) is 4.15. The summed E-state index contributed by atoms with van der Waals surface area (Å²) < 4.78 is 0. The van der Waals surface area contributed by atoms with E-state index in [4.69, 9.17) is 17.3 Å². The van der Waals surface area contributed by atoms with Crippen LogP contribution < -0.4 is 11.1 Å². The molecule has 1 aromatic rings. The Morgan fingerprint density at radius 1 is 1.55 bits per heavy atom. The molecule has 3 nitrogen and oxygen atoms in total. The maximum absolute atomic E-state index is 12.0. The normalized spacial score (nSPS) is 11.4. The van der Waals surface area contributed by atoms with Gasteiger partial charge in [-0.2, -0.15) is 11.8 Å². The molecule has 0 radical (unpaired) electrons. The lowest BCUT2D eigenvalue weighted by Gasteiger charge is -2.09. The van der Waals surface area contributed by atoms with Crippen molar-refractivity contribution in [1.29, 1.82) is 0 Å². The van der Waals surface area contributed by atoms with Gasteiger partial charge in [0.05, 0.1) is 11.6 Å². The Kier molecular flexibility index (Phi) is 7.53. The predicted octanol–water partition coefficient (Wildman–Crippen LogP) is 2.52. The molecule has 3 N–H and O–H groups in total. The SMILES string of the molecule is CSC(C)CCNC(=O)c1ccc(C#CCN)c(Cl)c1. The lowest BCUT2D eigenvalue weighted by Crippen LogP contribution is -2.26. The lowest BCUT2D eigenvalue weighted by molar-refractivity contribution is 0.0953. The molecular formula is C15H19ClN2OS. The molecule has 20 heavy (non-hydrogen) atoms. The van der Waals surface area contributed by atoms with Gasteiger partial charge in [-0.05, 0) is 30.9 Å². The zero-order valence-corrected chi connectivity index (χ0v) is 13.3. The fourth-order valence-corrected chi connectivity index (χ4v) is 2.09. The Labute approximate surface area is 129 Å². The molecule has 0 saturated heterocycles. The largest absolute Gasteiger partial charge is 0.352 e. The van der Waals surface area contributed by atoms with Gasteiger partial charge in [0.1, 0.15) is 0 Å². The molecule has 1 atom stereocenters. The fraction of sp³-hybridized carbons (Fsp3) is 0.400. The molecule has 0 aliphatic heterocycles. The first-order valence-corrected chi connectivity index (χ1v) is 8.04. The van der Waals surface area contributed by atoms with Crippen molar-refractivity contribution >= 4 is 29.3 Å². The van der Waals surface area contributed by atoms with Crippen LogP contribution in [0.2, 0.25) is 5.02 Å². The molecule has 1 rings (SSSR count). The average molecular weight is 311 g/mol. The summed E-state index contributed by atoms with van der Waals surface area (Å²) in [5.41, 5.74) is 6.54. The minimum absolute atomic E-state index is 0.112. The molecule has 0 saturated carbocycles. The van der Waals surface area contributed by atoms with Crippen LogP contribution in [0.25, 0.3) is 0 Å². The minimum Gasteiger partial charge on any atom is -0.352 e. The van der Waals surface area contributed by atoms with Gasteiger partial charge in [-0.15, -0.1) is 0 Å². The first-order valence-electron chi connectivity index (χ1n) is 6.38. The second-order valence-corrected chi connectivity index (χ2v) is 5.97. The topological polar surface area (TPSA) is 55.1 Å². The second-order valence-electron chi connectivity index (χ2n) is 4.29. The molecule has 0 spiro atoms. The number of benzene rings is 1.